The summed E-state index contributed by atoms with van der Waals surface area (Å²) in [5, 5.41) is 0.712. The molecule has 102 valence electrons. The quantitative estimate of drug-likeness (QED) is 0.870. The Morgan fingerprint density at radius 1 is 1.30 bits per heavy atom. The predicted octanol–water partition coefficient (Wildman–Crippen LogP) is 3.51. The molecule has 0 N–H and O–H groups in total. The summed E-state index contributed by atoms with van der Waals surface area (Å²) in [6.45, 7) is 0.532. The molecule has 1 aliphatic rings. The molecular weight excluding hydrogens is 292 g/mol. The SMILES string of the molecule is O=C1CSC(c2cccc(Cl)c2)N1Cc1ccccn1. The van der Waals surface area contributed by atoms with Crippen LogP contribution < -0.4 is 0 Å². The molecule has 1 fully saturated rings. The van der Waals surface area contributed by atoms with E-state index in [0.717, 1.165) is 11.3 Å². The standard InChI is InChI=1S/C15H13ClN2OS/c16-12-5-3-4-11(8-12)15-18(14(19)10-20-15)9-13-6-1-2-7-17-13/h1-8,15H,9-10H2. The van der Waals surface area contributed by atoms with Crippen LogP contribution in [-0.4, -0.2) is 21.5 Å². The zero-order chi connectivity index (χ0) is 13.9. The molecule has 1 aromatic heterocycles. The minimum Gasteiger partial charge on any atom is -0.320 e. The van der Waals surface area contributed by atoms with Crippen LogP contribution in [0.5, 0.6) is 0 Å². The number of nitrogens with zero attached hydrogens (tertiary/aromatic N) is 2. The van der Waals surface area contributed by atoms with Gasteiger partial charge in [-0.15, -0.1) is 11.8 Å². The van der Waals surface area contributed by atoms with Crippen LogP contribution in [-0.2, 0) is 11.3 Å². The number of hydrogen-bond acceptors (Lipinski definition) is 3. The maximum absolute atomic E-state index is 12.1. The van der Waals surface area contributed by atoms with Crippen molar-refractivity contribution in [3.63, 3.8) is 0 Å². The molecule has 1 aliphatic heterocycles. The van der Waals surface area contributed by atoms with Gasteiger partial charge in [-0.1, -0.05) is 29.8 Å². The van der Waals surface area contributed by atoms with Gasteiger partial charge >= 0.3 is 0 Å². The van der Waals surface area contributed by atoms with Crippen molar-refractivity contribution >= 4 is 29.3 Å². The maximum Gasteiger partial charge on any atom is 0.234 e. The minimum absolute atomic E-state index is 0.0169. The van der Waals surface area contributed by atoms with Crippen LogP contribution in [0.4, 0.5) is 0 Å². The van der Waals surface area contributed by atoms with Gasteiger partial charge in [0.15, 0.2) is 0 Å². The molecular formula is C15H13ClN2OS. The Balaban J connectivity index is 1.85. The summed E-state index contributed by atoms with van der Waals surface area (Å²) in [6, 6.07) is 13.4. The summed E-state index contributed by atoms with van der Waals surface area (Å²) >= 11 is 7.67. The molecule has 5 heteroatoms. The highest BCUT2D eigenvalue weighted by Gasteiger charge is 2.32. The monoisotopic (exact) mass is 304 g/mol. The van der Waals surface area contributed by atoms with Crippen LogP contribution in [0.15, 0.2) is 48.7 Å². The Morgan fingerprint density at radius 3 is 2.95 bits per heavy atom. The molecule has 2 aromatic rings. The number of amides is 1. The Hall–Kier alpha value is -1.52. The van der Waals surface area contributed by atoms with Gasteiger partial charge in [-0.3, -0.25) is 9.78 Å². The van der Waals surface area contributed by atoms with Gasteiger partial charge in [-0.25, -0.2) is 0 Å². The molecule has 20 heavy (non-hydrogen) atoms. The second-order valence-corrected chi connectivity index (χ2v) is 6.07. The van der Waals surface area contributed by atoms with Crippen LogP contribution in [0.2, 0.25) is 5.02 Å². The Morgan fingerprint density at radius 2 is 2.20 bits per heavy atom. The van der Waals surface area contributed by atoms with Crippen LogP contribution in [0.3, 0.4) is 0 Å². The Labute approximate surface area is 127 Å². The van der Waals surface area contributed by atoms with Crippen molar-refractivity contribution in [3.05, 3.63) is 64.9 Å². The molecule has 0 saturated carbocycles. The Kier molecular flexibility index (Phi) is 3.94. The fourth-order valence-corrected chi connectivity index (χ4v) is 3.60. The zero-order valence-corrected chi connectivity index (χ0v) is 12.3. The number of thioether (sulfide) groups is 1. The molecule has 3 rings (SSSR count). The van der Waals surface area contributed by atoms with E-state index in [1.807, 2.05) is 47.4 Å². The number of benzene rings is 1. The summed E-state index contributed by atoms with van der Waals surface area (Å²) < 4.78 is 0. The molecule has 0 spiro atoms. The summed E-state index contributed by atoms with van der Waals surface area (Å²) in [6.07, 6.45) is 1.75. The molecule has 3 nitrogen and oxygen atoms in total. The lowest BCUT2D eigenvalue weighted by molar-refractivity contribution is -0.128. The summed E-state index contributed by atoms with van der Waals surface area (Å²) in [7, 11) is 0. The normalized spacial score (nSPS) is 18.6. The molecule has 1 aromatic carbocycles. The van der Waals surface area contributed by atoms with Crippen LogP contribution in [0.25, 0.3) is 0 Å². The van der Waals surface area contributed by atoms with Gasteiger partial charge in [0.05, 0.1) is 18.0 Å². The van der Waals surface area contributed by atoms with Gasteiger partial charge in [0.1, 0.15) is 5.37 Å². The van der Waals surface area contributed by atoms with E-state index in [1.54, 1.807) is 18.0 Å². The van der Waals surface area contributed by atoms with Gasteiger partial charge < -0.3 is 4.90 Å². The molecule has 0 aliphatic carbocycles. The van der Waals surface area contributed by atoms with Crippen molar-refractivity contribution in [3.8, 4) is 0 Å². The second-order valence-electron chi connectivity index (χ2n) is 4.56. The van der Waals surface area contributed by atoms with Crippen LogP contribution in [0, 0.1) is 0 Å². The van der Waals surface area contributed by atoms with Crippen molar-refractivity contribution < 1.29 is 4.79 Å². The second kappa shape index (κ2) is 5.85. The average molecular weight is 305 g/mol. The van der Waals surface area contributed by atoms with Crippen LogP contribution >= 0.6 is 23.4 Å². The minimum atomic E-state index is 0.0169. The average Bonchev–Trinajstić information content (AvgIpc) is 2.82. The van der Waals surface area contributed by atoms with Gasteiger partial charge in [0.25, 0.3) is 0 Å². The van der Waals surface area contributed by atoms with E-state index in [2.05, 4.69) is 4.98 Å². The first-order valence-electron chi connectivity index (χ1n) is 6.30. The number of halogens is 1. The number of aromatic nitrogens is 1. The fourth-order valence-electron chi connectivity index (χ4n) is 2.23. The van der Waals surface area contributed by atoms with E-state index >= 15 is 0 Å². The molecule has 0 radical (unpaired) electrons. The first-order valence-corrected chi connectivity index (χ1v) is 7.73. The molecule has 2 heterocycles. The predicted molar refractivity (Wildman–Crippen MR) is 81.4 cm³/mol. The van der Waals surface area contributed by atoms with Crippen LogP contribution in [0.1, 0.15) is 16.6 Å². The number of hydrogen-bond donors (Lipinski definition) is 0. The van der Waals surface area contributed by atoms with Gasteiger partial charge in [0, 0.05) is 11.2 Å². The molecule has 1 amide bonds. The number of carbonyl (C=O) groups excluding carboxylic acids is 1. The number of carbonyl (C=O) groups is 1. The van der Waals surface area contributed by atoms with Crippen molar-refractivity contribution in [1.82, 2.24) is 9.88 Å². The first kappa shape index (κ1) is 13.5. The van der Waals surface area contributed by atoms with Crippen molar-refractivity contribution in [2.75, 3.05) is 5.75 Å². The van der Waals surface area contributed by atoms with Crippen molar-refractivity contribution in [2.45, 2.75) is 11.9 Å². The number of pyridine rings is 1. The zero-order valence-electron chi connectivity index (χ0n) is 10.7. The highest BCUT2D eigenvalue weighted by molar-refractivity contribution is 8.00. The third-order valence-corrected chi connectivity index (χ3v) is 4.65. The smallest absolute Gasteiger partial charge is 0.234 e. The van der Waals surface area contributed by atoms with E-state index in [0.29, 0.717) is 17.3 Å². The number of rotatable bonds is 3. The topological polar surface area (TPSA) is 33.2 Å². The molecule has 1 atom stereocenters. The largest absolute Gasteiger partial charge is 0.320 e. The summed E-state index contributed by atoms with van der Waals surface area (Å²) in [5.41, 5.74) is 1.96. The maximum atomic E-state index is 12.1. The lowest BCUT2D eigenvalue weighted by Crippen LogP contribution is -2.28. The third-order valence-electron chi connectivity index (χ3n) is 3.16. The van der Waals surface area contributed by atoms with Crippen molar-refractivity contribution in [2.24, 2.45) is 0 Å². The lowest BCUT2D eigenvalue weighted by atomic mass is 10.2. The van der Waals surface area contributed by atoms with E-state index in [9.17, 15) is 4.79 Å². The Bertz CT molecular complexity index is 620. The van der Waals surface area contributed by atoms with E-state index < -0.39 is 0 Å². The lowest BCUT2D eigenvalue weighted by Gasteiger charge is -2.24. The summed E-state index contributed by atoms with van der Waals surface area (Å²) in [5.74, 6) is 0.648. The van der Waals surface area contributed by atoms with E-state index in [-0.39, 0.29) is 11.3 Å². The molecule has 1 unspecified atom stereocenters. The first-order chi connectivity index (χ1) is 9.74. The summed E-state index contributed by atoms with van der Waals surface area (Å²) in [4.78, 5) is 18.2. The van der Waals surface area contributed by atoms with Gasteiger partial charge in [-0.2, -0.15) is 0 Å². The molecule has 0 bridgehead atoms. The van der Waals surface area contributed by atoms with E-state index in [1.165, 1.54) is 0 Å². The highest BCUT2D eigenvalue weighted by atomic mass is 35.5. The third kappa shape index (κ3) is 2.81. The fraction of sp³-hybridized carbons (Fsp3) is 0.200. The van der Waals surface area contributed by atoms with Gasteiger partial charge in [-0.05, 0) is 29.8 Å². The highest BCUT2D eigenvalue weighted by Crippen LogP contribution is 2.39. The molecule has 1 saturated heterocycles. The van der Waals surface area contributed by atoms with Crippen molar-refractivity contribution in [1.29, 1.82) is 0 Å². The van der Waals surface area contributed by atoms with Gasteiger partial charge in [0.2, 0.25) is 5.91 Å². The van der Waals surface area contributed by atoms with E-state index in [4.69, 9.17) is 11.6 Å².